The Hall–Kier alpha value is -2.64. The Morgan fingerprint density at radius 1 is 0.865 bits per heavy atom. The van der Waals surface area contributed by atoms with E-state index in [-0.39, 0.29) is 36.4 Å². The Balaban J connectivity index is 1.72. The SMILES string of the molecule is COc1cc([C@H]2c3cc(O)c(OC)cc3C[C@H](CO)[C@@H]2CO[C@@H]2O[C@H](CO)[C@@H](O)[C@H](O)[C@H]2O)ccc1O. The van der Waals surface area contributed by atoms with Crippen molar-refractivity contribution in [3.8, 4) is 23.0 Å². The average Bonchev–Trinajstić information content (AvgIpc) is 2.90. The summed E-state index contributed by atoms with van der Waals surface area (Å²) in [5, 5.41) is 71.2. The third-order valence-corrected chi connectivity index (χ3v) is 7.39. The largest absolute Gasteiger partial charge is 0.504 e. The highest BCUT2D eigenvalue weighted by molar-refractivity contribution is 5.53. The van der Waals surface area contributed by atoms with Crippen LogP contribution in [0.1, 0.15) is 22.6 Å². The molecule has 7 N–H and O–H groups in total. The molecule has 1 heterocycles. The van der Waals surface area contributed by atoms with Crippen molar-refractivity contribution in [3.05, 3.63) is 47.0 Å². The van der Waals surface area contributed by atoms with Gasteiger partial charge in [0.05, 0.1) is 27.4 Å². The quantitative estimate of drug-likeness (QED) is 0.245. The van der Waals surface area contributed by atoms with Crippen molar-refractivity contribution in [3.63, 3.8) is 0 Å². The second-order valence-corrected chi connectivity index (χ2v) is 9.47. The fraction of sp³-hybridized carbons (Fsp3) is 0.538. The molecule has 0 bridgehead atoms. The summed E-state index contributed by atoms with van der Waals surface area (Å²) in [6, 6.07) is 8.22. The number of aromatic hydroxyl groups is 2. The van der Waals surface area contributed by atoms with Gasteiger partial charge >= 0.3 is 0 Å². The van der Waals surface area contributed by atoms with E-state index in [1.165, 1.54) is 20.3 Å². The number of rotatable bonds is 8. The van der Waals surface area contributed by atoms with E-state index < -0.39 is 49.1 Å². The first-order chi connectivity index (χ1) is 17.7. The first-order valence-corrected chi connectivity index (χ1v) is 12.0. The van der Waals surface area contributed by atoms with Crippen molar-refractivity contribution in [2.75, 3.05) is 34.0 Å². The number of aliphatic hydroxyl groups is 5. The fourth-order valence-electron chi connectivity index (χ4n) is 5.35. The summed E-state index contributed by atoms with van der Waals surface area (Å²) in [6.07, 6.45) is -6.68. The Morgan fingerprint density at radius 3 is 2.22 bits per heavy atom. The number of phenols is 2. The Bertz CT molecular complexity index is 1070. The fourth-order valence-corrected chi connectivity index (χ4v) is 5.35. The van der Waals surface area contributed by atoms with Crippen LogP contribution >= 0.6 is 0 Å². The van der Waals surface area contributed by atoms with Crippen molar-refractivity contribution in [1.29, 1.82) is 0 Å². The van der Waals surface area contributed by atoms with Gasteiger partial charge in [0, 0.05) is 12.5 Å². The molecule has 204 valence electrons. The second kappa shape index (κ2) is 11.4. The van der Waals surface area contributed by atoms with Gasteiger partial charge in [0.25, 0.3) is 0 Å². The summed E-state index contributed by atoms with van der Waals surface area (Å²) in [5.74, 6) is -0.744. The number of phenolic OH excluding ortho intramolecular Hbond substituents is 2. The Labute approximate surface area is 214 Å². The topological polar surface area (TPSA) is 179 Å². The van der Waals surface area contributed by atoms with Gasteiger partial charge in [0.2, 0.25) is 0 Å². The zero-order valence-electron chi connectivity index (χ0n) is 20.6. The lowest BCUT2D eigenvalue weighted by Gasteiger charge is -2.43. The minimum atomic E-state index is -1.59. The summed E-state index contributed by atoms with van der Waals surface area (Å²) < 4.78 is 22.0. The zero-order valence-corrected chi connectivity index (χ0v) is 20.6. The molecule has 4 rings (SSSR count). The number of benzene rings is 2. The van der Waals surface area contributed by atoms with E-state index in [0.29, 0.717) is 12.2 Å². The molecule has 1 fully saturated rings. The number of hydrogen-bond donors (Lipinski definition) is 7. The predicted octanol–water partition coefficient (Wildman–Crippen LogP) is -0.156. The predicted molar refractivity (Wildman–Crippen MR) is 129 cm³/mol. The van der Waals surface area contributed by atoms with Crippen molar-refractivity contribution < 1.29 is 54.7 Å². The summed E-state index contributed by atoms with van der Waals surface area (Å²) in [4.78, 5) is 0. The number of methoxy groups -OCH3 is 2. The van der Waals surface area contributed by atoms with Crippen LogP contribution in [0.4, 0.5) is 0 Å². The van der Waals surface area contributed by atoms with E-state index in [4.69, 9.17) is 18.9 Å². The molecule has 8 atom stereocenters. The van der Waals surface area contributed by atoms with E-state index in [0.717, 1.165) is 16.7 Å². The third kappa shape index (κ3) is 5.21. The minimum Gasteiger partial charge on any atom is -0.504 e. The standard InChI is InChI=1S/C26H34O11/c1-34-19-6-12(3-4-17(19)29)22-15-8-18(30)20(35-2)7-13(15)5-14(9-27)16(22)11-36-26-25(33)24(32)23(31)21(10-28)37-26/h3-4,6-8,14,16,21-33H,5,9-11H2,1-2H3/t14-,16+,21-,22+,23-,24+,25-,26-/m1/s1. The van der Waals surface area contributed by atoms with Crippen LogP contribution in [0.15, 0.2) is 30.3 Å². The van der Waals surface area contributed by atoms with Crippen molar-refractivity contribution in [2.45, 2.75) is 43.0 Å². The average molecular weight is 523 g/mol. The monoisotopic (exact) mass is 522 g/mol. The summed E-state index contributed by atoms with van der Waals surface area (Å²) in [6.45, 7) is -0.830. The second-order valence-electron chi connectivity index (χ2n) is 9.47. The van der Waals surface area contributed by atoms with Crippen LogP contribution in [0.3, 0.4) is 0 Å². The smallest absolute Gasteiger partial charge is 0.186 e. The van der Waals surface area contributed by atoms with Crippen LogP contribution in [0.5, 0.6) is 23.0 Å². The highest BCUT2D eigenvalue weighted by Crippen LogP contribution is 2.48. The van der Waals surface area contributed by atoms with Gasteiger partial charge in [-0.1, -0.05) is 6.07 Å². The van der Waals surface area contributed by atoms with Crippen LogP contribution in [0, 0.1) is 11.8 Å². The van der Waals surface area contributed by atoms with Gasteiger partial charge in [0.1, 0.15) is 24.4 Å². The van der Waals surface area contributed by atoms with Crippen LogP contribution in [-0.2, 0) is 15.9 Å². The molecule has 0 amide bonds. The summed E-state index contributed by atoms with van der Waals surface area (Å²) in [7, 11) is 2.88. The van der Waals surface area contributed by atoms with Gasteiger partial charge in [0.15, 0.2) is 29.3 Å². The first-order valence-electron chi connectivity index (χ1n) is 12.0. The normalized spacial score (nSPS) is 31.5. The molecule has 2 aromatic carbocycles. The molecule has 2 aliphatic rings. The third-order valence-electron chi connectivity index (χ3n) is 7.39. The van der Waals surface area contributed by atoms with Crippen molar-refractivity contribution in [1.82, 2.24) is 0 Å². The van der Waals surface area contributed by atoms with Gasteiger partial charge in [-0.05, 0) is 59.2 Å². The number of fused-ring (bicyclic) bond motifs is 1. The molecule has 0 unspecified atom stereocenters. The molecule has 37 heavy (non-hydrogen) atoms. The van der Waals surface area contributed by atoms with Crippen LogP contribution in [0.2, 0.25) is 0 Å². The number of ether oxygens (including phenoxy) is 4. The molecule has 1 aliphatic carbocycles. The van der Waals surface area contributed by atoms with Gasteiger partial charge in [-0.3, -0.25) is 0 Å². The number of hydrogen-bond acceptors (Lipinski definition) is 11. The van der Waals surface area contributed by atoms with E-state index in [1.807, 2.05) is 0 Å². The van der Waals surface area contributed by atoms with Crippen LogP contribution < -0.4 is 9.47 Å². The molecule has 0 aromatic heterocycles. The molecule has 0 spiro atoms. The van der Waals surface area contributed by atoms with Gasteiger partial charge in [-0.25, -0.2) is 0 Å². The van der Waals surface area contributed by atoms with Gasteiger partial charge < -0.3 is 54.7 Å². The summed E-state index contributed by atoms with van der Waals surface area (Å²) in [5.41, 5.74) is 2.34. The molecule has 0 saturated carbocycles. The molecule has 11 nitrogen and oxygen atoms in total. The van der Waals surface area contributed by atoms with E-state index >= 15 is 0 Å². The zero-order chi connectivity index (χ0) is 26.9. The molecule has 2 aromatic rings. The van der Waals surface area contributed by atoms with E-state index in [1.54, 1.807) is 24.3 Å². The lowest BCUT2D eigenvalue weighted by molar-refractivity contribution is -0.304. The highest BCUT2D eigenvalue weighted by atomic mass is 16.7. The number of aliphatic hydroxyl groups excluding tert-OH is 5. The maximum absolute atomic E-state index is 10.6. The lowest BCUT2D eigenvalue weighted by atomic mass is 9.67. The molecular formula is C26H34O11. The molecule has 11 heteroatoms. The minimum absolute atomic E-state index is 0.0476. The Morgan fingerprint density at radius 2 is 1.57 bits per heavy atom. The van der Waals surface area contributed by atoms with Crippen molar-refractivity contribution in [2.24, 2.45) is 11.8 Å². The first kappa shape index (κ1) is 27.4. The Kier molecular flexibility index (Phi) is 8.44. The molecular weight excluding hydrogens is 488 g/mol. The maximum Gasteiger partial charge on any atom is 0.186 e. The van der Waals surface area contributed by atoms with Crippen LogP contribution in [0.25, 0.3) is 0 Å². The van der Waals surface area contributed by atoms with Crippen molar-refractivity contribution >= 4 is 0 Å². The van der Waals surface area contributed by atoms with Gasteiger partial charge in [-0.2, -0.15) is 0 Å². The molecule has 0 radical (unpaired) electrons. The maximum atomic E-state index is 10.6. The highest BCUT2D eigenvalue weighted by Gasteiger charge is 2.45. The van der Waals surface area contributed by atoms with Gasteiger partial charge in [-0.15, -0.1) is 0 Å². The molecule has 1 aliphatic heterocycles. The summed E-state index contributed by atoms with van der Waals surface area (Å²) >= 11 is 0. The van der Waals surface area contributed by atoms with E-state index in [2.05, 4.69) is 0 Å². The molecule has 1 saturated heterocycles. The van der Waals surface area contributed by atoms with E-state index in [9.17, 15) is 35.7 Å². The van der Waals surface area contributed by atoms with Crippen LogP contribution in [-0.4, -0.2) is 100 Å². The lowest BCUT2D eigenvalue weighted by Crippen LogP contribution is -2.59.